The van der Waals surface area contributed by atoms with Crippen LogP contribution in [0.25, 0.3) is 0 Å². The Hall–Kier alpha value is -1.16. The van der Waals surface area contributed by atoms with Gasteiger partial charge in [-0.3, -0.25) is 9.35 Å². The fourth-order valence-electron chi connectivity index (χ4n) is 10.1. The van der Waals surface area contributed by atoms with E-state index in [0.29, 0.717) is 13.0 Å². The molecule has 74 heavy (non-hydrogen) atoms. The molecular weight excluding hydrogens is 957 g/mol. The zero-order valence-electron chi connectivity index (χ0n) is 47.9. The first-order valence-electron chi connectivity index (χ1n) is 31.4. The Balaban J connectivity index is 2.23. The molecule has 13 heteroatoms. The van der Waals surface area contributed by atoms with Crippen LogP contribution < -0.4 is 0 Å². The Labute approximate surface area is 455 Å². The molecule has 12 nitrogen and oxygen atoms in total. The van der Waals surface area contributed by atoms with E-state index in [-0.39, 0.29) is 19.6 Å². The molecule has 1 aliphatic heterocycles. The van der Waals surface area contributed by atoms with Crippen molar-refractivity contribution in [3.8, 4) is 0 Å². The van der Waals surface area contributed by atoms with Gasteiger partial charge in [0.1, 0.15) is 30.5 Å². The number of ether oxygens (including phenoxy) is 4. The van der Waals surface area contributed by atoms with Crippen molar-refractivity contribution in [2.45, 2.75) is 346 Å². The summed E-state index contributed by atoms with van der Waals surface area (Å²) >= 11 is 0. The fraction of sp³-hybridized carbons (Fsp3) is 0.951. The van der Waals surface area contributed by atoms with Gasteiger partial charge < -0.3 is 34.3 Å². The van der Waals surface area contributed by atoms with E-state index < -0.39 is 59.8 Å². The predicted molar refractivity (Wildman–Crippen MR) is 304 cm³/mol. The van der Waals surface area contributed by atoms with Crippen molar-refractivity contribution in [2.75, 3.05) is 26.4 Å². The zero-order chi connectivity index (χ0) is 53.8. The van der Waals surface area contributed by atoms with E-state index in [0.717, 1.165) is 38.5 Å². The van der Waals surface area contributed by atoms with Crippen LogP contribution in [0, 0.1) is 0 Å². The molecule has 1 rings (SSSR count). The van der Waals surface area contributed by atoms with E-state index in [1.165, 1.54) is 244 Å². The molecule has 4 N–H and O–H groups in total. The highest BCUT2D eigenvalue weighted by atomic mass is 32.3. The highest BCUT2D eigenvalue weighted by Crippen LogP contribution is 2.26. The van der Waals surface area contributed by atoms with E-state index in [2.05, 4.69) is 30.2 Å². The number of aliphatic hydroxyl groups excluding tert-OH is 3. The van der Waals surface area contributed by atoms with Crippen LogP contribution in [0.5, 0.6) is 0 Å². The number of carbonyl (C=O) groups excluding carboxylic acids is 1. The monoisotopic (exact) mass is 1070 g/mol. The summed E-state index contributed by atoms with van der Waals surface area (Å²) in [7, 11) is -5.07. The average molecular weight is 1080 g/mol. The first-order valence-corrected chi connectivity index (χ1v) is 32.8. The minimum atomic E-state index is -5.07. The first-order chi connectivity index (χ1) is 36.1. The number of rotatable bonds is 57. The molecule has 0 amide bonds. The maximum absolute atomic E-state index is 13.0. The van der Waals surface area contributed by atoms with Crippen molar-refractivity contribution in [1.82, 2.24) is 0 Å². The van der Waals surface area contributed by atoms with Crippen molar-refractivity contribution in [3.05, 3.63) is 12.2 Å². The van der Waals surface area contributed by atoms with Gasteiger partial charge in [-0.2, -0.15) is 8.42 Å². The van der Waals surface area contributed by atoms with E-state index in [9.17, 15) is 33.1 Å². The minimum Gasteiger partial charge on any atom is -0.457 e. The second kappa shape index (κ2) is 52.5. The molecule has 0 aromatic carbocycles. The summed E-state index contributed by atoms with van der Waals surface area (Å²) < 4.78 is 59.5. The molecule has 0 bridgehead atoms. The summed E-state index contributed by atoms with van der Waals surface area (Å²) in [6.45, 7) is 4.07. The lowest BCUT2D eigenvalue weighted by molar-refractivity contribution is -0.301. The number of esters is 1. The molecule has 1 saturated heterocycles. The van der Waals surface area contributed by atoms with Gasteiger partial charge in [-0.25, -0.2) is 4.18 Å². The summed E-state index contributed by atoms with van der Waals surface area (Å²) in [5, 5.41) is 30.9. The van der Waals surface area contributed by atoms with Crippen molar-refractivity contribution >= 4 is 16.4 Å². The Morgan fingerprint density at radius 3 is 1.22 bits per heavy atom. The van der Waals surface area contributed by atoms with Crippen molar-refractivity contribution in [1.29, 1.82) is 0 Å². The summed E-state index contributed by atoms with van der Waals surface area (Å²) in [4.78, 5) is 13.0. The summed E-state index contributed by atoms with van der Waals surface area (Å²) in [5.41, 5.74) is 0. The molecule has 1 fully saturated rings. The van der Waals surface area contributed by atoms with Crippen LogP contribution in [0.1, 0.15) is 309 Å². The molecule has 0 aromatic heterocycles. The van der Waals surface area contributed by atoms with E-state index >= 15 is 0 Å². The molecule has 0 aromatic rings. The van der Waals surface area contributed by atoms with Gasteiger partial charge in [0, 0.05) is 13.0 Å². The van der Waals surface area contributed by atoms with Gasteiger partial charge in [0.2, 0.25) is 0 Å². The van der Waals surface area contributed by atoms with E-state index in [1.54, 1.807) is 0 Å². The van der Waals surface area contributed by atoms with Gasteiger partial charge in [0.05, 0.1) is 19.8 Å². The van der Waals surface area contributed by atoms with Crippen LogP contribution in [0.2, 0.25) is 0 Å². The fourth-order valence-corrected chi connectivity index (χ4v) is 10.7. The first kappa shape index (κ1) is 70.9. The lowest BCUT2D eigenvalue weighted by Gasteiger charge is -2.41. The van der Waals surface area contributed by atoms with Gasteiger partial charge in [0.25, 0.3) is 0 Å². The standard InChI is InChI=1S/C61H118O12S/c1-3-5-7-9-11-13-15-17-19-21-23-25-26-27-28-29-31-33-35-37-39-41-43-45-47-49-51-69-53-55(54-70-61-59(65)60(73-74(66,67)68)58(64)56(52-62)72-61)71-57(63)50-48-46-44-42-40-38-36-34-32-30-24-22-20-18-16-14-12-10-8-6-4-2/h22,24,55-56,58-62,64-65H,3-21,23,25-54H2,1-2H3,(H,66,67,68)/b24-22-. The van der Waals surface area contributed by atoms with Crippen molar-refractivity contribution in [2.24, 2.45) is 0 Å². The maximum Gasteiger partial charge on any atom is 0.397 e. The van der Waals surface area contributed by atoms with Crippen LogP contribution in [-0.4, -0.2) is 97.5 Å². The third-order valence-corrected chi connectivity index (χ3v) is 15.4. The number of hydrogen-bond acceptors (Lipinski definition) is 11. The van der Waals surface area contributed by atoms with E-state index in [1.807, 2.05) is 0 Å². The third kappa shape index (κ3) is 44.8. The molecule has 0 spiro atoms. The van der Waals surface area contributed by atoms with Crippen LogP contribution in [0.15, 0.2) is 12.2 Å². The van der Waals surface area contributed by atoms with Crippen LogP contribution in [0.4, 0.5) is 0 Å². The molecule has 6 unspecified atom stereocenters. The van der Waals surface area contributed by atoms with Gasteiger partial charge in [-0.15, -0.1) is 0 Å². The predicted octanol–water partition coefficient (Wildman–Crippen LogP) is 16.1. The van der Waals surface area contributed by atoms with Gasteiger partial charge in [0.15, 0.2) is 6.29 Å². The van der Waals surface area contributed by atoms with Gasteiger partial charge >= 0.3 is 16.4 Å². The minimum absolute atomic E-state index is 0.0423. The van der Waals surface area contributed by atoms with Crippen molar-refractivity contribution in [3.63, 3.8) is 0 Å². The lowest BCUT2D eigenvalue weighted by atomic mass is 9.99. The molecule has 6 atom stereocenters. The molecule has 0 radical (unpaired) electrons. The lowest BCUT2D eigenvalue weighted by Crippen LogP contribution is -2.60. The molecule has 440 valence electrons. The smallest absolute Gasteiger partial charge is 0.397 e. The topological polar surface area (TPSA) is 178 Å². The molecule has 0 aliphatic carbocycles. The van der Waals surface area contributed by atoms with Gasteiger partial charge in [-0.05, 0) is 38.5 Å². The van der Waals surface area contributed by atoms with Crippen LogP contribution >= 0.6 is 0 Å². The third-order valence-electron chi connectivity index (χ3n) is 14.9. The average Bonchev–Trinajstić information content (AvgIpc) is 3.38. The number of hydrogen-bond donors (Lipinski definition) is 4. The second-order valence-corrected chi connectivity index (χ2v) is 23.1. The summed E-state index contributed by atoms with van der Waals surface area (Å²) in [6.07, 6.45) is 54.1. The van der Waals surface area contributed by atoms with Crippen LogP contribution in [-0.2, 0) is 38.3 Å². The van der Waals surface area contributed by atoms with Crippen LogP contribution in [0.3, 0.4) is 0 Å². The van der Waals surface area contributed by atoms with E-state index in [4.69, 9.17) is 18.9 Å². The normalized spacial score (nSPS) is 18.7. The molecule has 0 saturated carbocycles. The largest absolute Gasteiger partial charge is 0.457 e. The SMILES string of the molecule is CCCCCCCCCC/C=C\CCCCCCCCCCCC(=O)OC(COCCCCCCCCCCCCCCCCCCCCCCCCCCCC)COC1OC(CO)C(O)C(OS(=O)(=O)O)C1O. The van der Waals surface area contributed by atoms with Crippen molar-refractivity contribution < 1.29 is 56.2 Å². The zero-order valence-corrected chi connectivity index (χ0v) is 48.8. The molecule has 1 aliphatic rings. The Bertz CT molecular complexity index is 1330. The summed E-state index contributed by atoms with van der Waals surface area (Å²) in [6, 6.07) is 0. The Morgan fingerprint density at radius 2 is 0.851 bits per heavy atom. The number of unbranched alkanes of at least 4 members (excludes halogenated alkanes) is 42. The highest BCUT2D eigenvalue weighted by molar-refractivity contribution is 7.80. The number of allylic oxidation sites excluding steroid dienone is 2. The Kier molecular flexibility index (Phi) is 50.3. The second-order valence-electron chi connectivity index (χ2n) is 22.0. The molecule has 1 heterocycles. The number of carbonyl (C=O) groups is 1. The summed E-state index contributed by atoms with van der Waals surface area (Å²) in [5.74, 6) is -0.393. The number of aliphatic hydroxyl groups is 3. The maximum atomic E-state index is 13.0. The Morgan fingerprint density at radius 1 is 0.500 bits per heavy atom. The quantitative estimate of drug-likeness (QED) is 0.0196. The molecular formula is C61H118O12S. The highest BCUT2D eigenvalue weighted by Gasteiger charge is 2.48. The van der Waals surface area contributed by atoms with Gasteiger partial charge in [-0.1, -0.05) is 276 Å².